The molecule has 0 aliphatic carbocycles. The van der Waals surface area contributed by atoms with Crippen LogP contribution in [0.4, 0.5) is 0 Å². The van der Waals surface area contributed by atoms with Crippen LogP contribution in [0.25, 0.3) is 0 Å². The van der Waals surface area contributed by atoms with Crippen LogP contribution in [-0.4, -0.2) is 11.7 Å². The maximum atomic E-state index is 9.31. The Balaban J connectivity index is 1.76. The lowest BCUT2D eigenvalue weighted by Gasteiger charge is -2.12. The van der Waals surface area contributed by atoms with Crippen molar-refractivity contribution in [3.8, 4) is 5.75 Å². The molecule has 2 aromatic carbocycles. The molecule has 0 amide bonds. The molecular formula is C18H22O2. The van der Waals surface area contributed by atoms with Gasteiger partial charge in [0.05, 0.1) is 13.2 Å². The second-order valence-electron chi connectivity index (χ2n) is 5.01. The minimum absolute atomic E-state index is 0.0288. The van der Waals surface area contributed by atoms with Crippen molar-refractivity contribution >= 4 is 0 Å². The summed E-state index contributed by atoms with van der Waals surface area (Å²) in [5.41, 5.74) is 3.33. The van der Waals surface area contributed by atoms with E-state index in [1.54, 1.807) is 0 Å². The predicted molar refractivity (Wildman–Crippen MR) is 82.0 cm³/mol. The molecule has 0 fully saturated rings. The summed E-state index contributed by atoms with van der Waals surface area (Å²) < 4.78 is 5.84. The SMILES string of the molecule is Cc1cccc(CO)c1OCCCCc1ccccc1. The number of ether oxygens (including phenoxy) is 1. The average molecular weight is 270 g/mol. The first-order valence-corrected chi connectivity index (χ1v) is 7.17. The van der Waals surface area contributed by atoms with Gasteiger partial charge in [-0.3, -0.25) is 0 Å². The number of aliphatic hydroxyl groups is 1. The lowest BCUT2D eigenvalue weighted by atomic mass is 10.1. The largest absolute Gasteiger partial charge is 0.493 e. The predicted octanol–water partition coefficient (Wildman–Crippen LogP) is 3.89. The van der Waals surface area contributed by atoms with Crippen molar-refractivity contribution in [1.82, 2.24) is 0 Å². The van der Waals surface area contributed by atoms with Crippen molar-refractivity contribution in [3.05, 3.63) is 65.2 Å². The molecule has 0 atom stereocenters. The molecule has 0 unspecified atom stereocenters. The summed E-state index contributed by atoms with van der Waals surface area (Å²) in [6.45, 7) is 2.74. The van der Waals surface area contributed by atoms with E-state index in [9.17, 15) is 5.11 Å². The van der Waals surface area contributed by atoms with Crippen LogP contribution in [0.2, 0.25) is 0 Å². The first-order chi connectivity index (χ1) is 9.81. The highest BCUT2D eigenvalue weighted by molar-refractivity contribution is 5.40. The van der Waals surface area contributed by atoms with Crippen molar-refractivity contribution in [2.24, 2.45) is 0 Å². The standard InChI is InChI=1S/C18H22O2/c1-15-8-7-12-17(14-19)18(15)20-13-6-5-11-16-9-3-2-4-10-16/h2-4,7-10,12,19H,5-6,11,13-14H2,1H3. The molecule has 106 valence electrons. The third-order valence-electron chi connectivity index (χ3n) is 3.41. The van der Waals surface area contributed by atoms with Gasteiger partial charge in [-0.25, -0.2) is 0 Å². The van der Waals surface area contributed by atoms with E-state index >= 15 is 0 Å². The first kappa shape index (κ1) is 14.6. The van der Waals surface area contributed by atoms with E-state index in [1.165, 1.54) is 5.56 Å². The van der Waals surface area contributed by atoms with E-state index in [0.717, 1.165) is 36.1 Å². The number of hydrogen-bond acceptors (Lipinski definition) is 2. The Labute approximate surface area is 121 Å². The molecule has 0 bridgehead atoms. The van der Waals surface area contributed by atoms with Crippen molar-refractivity contribution < 1.29 is 9.84 Å². The molecule has 2 nitrogen and oxygen atoms in total. The van der Waals surface area contributed by atoms with Crippen LogP contribution in [0.3, 0.4) is 0 Å². The van der Waals surface area contributed by atoms with E-state index in [2.05, 4.69) is 24.3 Å². The molecule has 0 heterocycles. The van der Waals surface area contributed by atoms with Gasteiger partial charge < -0.3 is 9.84 Å². The second-order valence-corrected chi connectivity index (χ2v) is 5.01. The fourth-order valence-electron chi connectivity index (χ4n) is 2.29. The van der Waals surface area contributed by atoms with E-state index in [1.807, 2.05) is 31.2 Å². The van der Waals surface area contributed by atoms with Crippen LogP contribution in [0.1, 0.15) is 29.5 Å². The van der Waals surface area contributed by atoms with Crippen molar-refractivity contribution in [2.45, 2.75) is 32.8 Å². The third-order valence-corrected chi connectivity index (χ3v) is 3.41. The lowest BCUT2D eigenvalue weighted by molar-refractivity contribution is 0.259. The zero-order valence-electron chi connectivity index (χ0n) is 12.0. The highest BCUT2D eigenvalue weighted by atomic mass is 16.5. The average Bonchev–Trinajstić information content (AvgIpc) is 2.49. The zero-order valence-corrected chi connectivity index (χ0v) is 12.0. The molecule has 2 rings (SSSR count). The molecule has 0 saturated carbocycles. The molecule has 0 saturated heterocycles. The Kier molecular flexibility index (Phi) is 5.63. The normalized spacial score (nSPS) is 10.5. The van der Waals surface area contributed by atoms with Crippen LogP contribution in [-0.2, 0) is 13.0 Å². The molecule has 0 aliphatic rings. The summed E-state index contributed by atoms with van der Waals surface area (Å²) in [4.78, 5) is 0. The summed E-state index contributed by atoms with van der Waals surface area (Å²) in [5, 5.41) is 9.31. The Morgan fingerprint density at radius 2 is 1.75 bits per heavy atom. The maximum absolute atomic E-state index is 9.31. The Hall–Kier alpha value is -1.80. The van der Waals surface area contributed by atoms with Crippen LogP contribution in [0.5, 0.6) is 5.75 Å². The molecule has 20 heavy (non-hydrogen) atoms. The number of para-hydroxylation sites is 1. The summed E-state index contributed by atoms with van der Waals surface area (Å²) in [6.07, 6.45) is 3.23. The van der Waals surface area contributed by atoms with Gasteiger partial charge in [-0.05, 0) is 37.3 Å². The molecule has 0 aliphatic heterocycles. The van der Waals surface area contributed by atoms with Gasteiger partial charge in [0.2, 0.25) is 0 Å². The summed E-state index contributed by atoms with van der Waals surface area (Å²) in [7, 11) is 0. The Morgan fingerprint density at radius 3 is 2.50 bits per heavy atom. The third kappa shape index (κ3) is 4.10. The molecule has 0 aromatic heterocycles. The number of hydrogen-bond donors (Lipinski definition) is 1. The summed E-state index contributed by atoms with van der Waals surface area (Å²) in [6, 6.07) is 16.4. The van der Waals surface area contributed by atoms with E-state index in [4.69, 9.17) is 4.74 Å². The maximum Gasteiger partial charge on any atom is 0.127 e. The summed E-state index contributed by atoms with van der Waals surface area (Å²) in [5.74, 6) is 0.842. The van der Waals surface area contributed by atoms with Crippen LogP contribution in [0.15, 0.2) is 48.5 Å². The van der Waals surface area contributed by atoms with Gasteiger partial charge in [0.15, 0.2) is 0 Å². The van der Waals surface area contributed by atoms with Gasteiger partial charge in [-0.1, -0.05) is 48.5 Å². The monoisotopic (exact) mass is 270 g/mol. The molecule has 1 N–H and O–H groups in total. The smallest absolute Gasteiger partial charge is 0.127 e. The quantitative estimate of drug-likeness (QED) is 0.773. The fraction of sp³-hybridized carbons (Fsp3) is 0.333. The van der Waals surface area contributed by atoms with E-state index in [-0.39, 0.29) is 6.61 Å². The molecule has 0 radical (unpaired) electrons. The number of aryl methyl sites for hydroxylation is 2. The van der Waals surface area contributed by atoms with Crippen LogP contribution < -0.4 is 4.74 Å². The highest BCUT2D eigenvalue weighted by Gasteiger charge is 2.05. The topological polar surface area (TPSA) is 29.5 Å². The molecule has 2 aromatic rings. The van der Waals surface area contributed by atoms with Gasteiger partial charge in [0.25, 0.3) is 0 Å². The Bertz CT molecular complexity index is 520. The first-order valence-electron chi connectivity index (χ1n) is 7.17. The van der Waals surface area contributed by atoms with Gasteiger partial charge in [-0.15, -0.1) is 0 Å². The lowest BCUT2D eigenvalue weighted by Crippen LogP contribution is -2.02. The van der Waals surface area contributed by atoms with Crippen LogP contribution >= 0.6 is 0 Å². The van der Waals surface area contributed by atoms with Gasteiger partial charge >= 0.3 is 0 Å². The Morgan fingerprint density at radius 1 is 0.950 bits per heavy atom. The molecule has 2 heteroatoms. The number of unbranched alkanes of at least 4 members (excludes halogenated alkanes) is 1. The van der Waals surface area contributed by atoms with Gasteiger partial charge in [-0.2, -0.15) is 0 Å². The number of rotatable bonds is 7. The fourth-order valence-corrected chi connectivity index (χ4v) is 2.29. The number of benzene rings is 2. The number of aliphatic hydroxyl groups excluding tert-OH is 1. The minimum Gasteiger partial charge on any atom is -0.493 e. The van der Waals surface area contributed by atoms with Crippen molar-refractivity contribution in [1.29, 1.82) is 0 Å². The molecule has 0 spiro atoms. The summed E-state index contributed by atoms with van der Waals surface area (Å²) >= 11 is 0. The minimum atomic E-state index is 0.0288. The van der Waals surface area contributed by atoms with Gasteiger partial charge in [0, 0.05) is 5.56 Å². The zero-order chi connectivity index (χ0) is 14.2. The van der Waals surface area contributed by atoms with Crippen LogP contribution in [0, 0.1) is 6.92 Å². The van der Waals surface area contributed by atoms with Gasteiger partial charge in [0.1, 0.15) is 5.75 Å². The van der Waals surface area contributed by atoms with Crippen molar-refractivity contribution in [3.63, 3.8) is 0 Å². The second kappa shape index (κ2) is 7.71. The highest BCUT2D eigenvalue weighted by Crippen LogP contribution is 2.23. The van der Waals surface area contributed by atoms with E-state index < -0.39 is 0 Å². The van der Waals surface area contributed by atoms with Crippen molar-refractivity contribution in [2.75, 3.05) is 6.61 Å². The molecular weight excluding hydrogens is 248 g/mol. The van der Waals surface area contributed by atoms with E-state index in [0.29, 0.717) is 6.61 Å².